The van der Waals surface area contributed by atoms with E-state index in [2.05, 4.69) is 10.3 Å². The number of halogens is 3. The summed E-state index contributed by atoms with van der Waals surface area (Å²) in [5.74, 6) is -0.125. The van der Waals surface area contributed by atoms with E-state index in [-0.39, 0.29) is 16.1 Å². The van der Waals surface area contributed by atoms with E-state index < -0.39 is 11.7 Å². The van der Waals surface area contributed by atoms with E-state index in [1.165, 1.54) is 12.3 Å². The molecule has 4 rings (SSSR count). The third-order valence-electron chi connectivity index (χ3n) is 5.45. The standard InChI is InChI=1S/C22H21F3N4O2/c1-29(31)12-10-28(11-13-29)21(30)15-2-5-17(6-3-15)27-19-8-9-26-20-14-16(22(23,24)25)4-7-18(19)20/h2-9,14H,10-13H2,1H3,(H,26,27). The minimum atomic E-state index is -4.43. The van der Waals surface area contributed by atoms with Crippen molar-refractivity contribution in [3.05, 3.63) is 71.1 Å². The van der Waals surface area contributed by atoms with Gasteiger partial charge in [0.2, 0.25) is 0 Å². The molecule has 31 heavy (non-hydrogen) atoms. The molecule has 3 aromatic rings. The molecular weight excluding hydrogens is 409 g/mol. The molecule has 2 aromatic carbocycles. The average molecular weight is 430 g/mol. The summed E-state index contributed by atoms with van der Waals surface area (Å²) >= 11 is 0. The maximum absolute atomic E-state index is 12.9. The molecule has 1 aliphatic rings. The molecular formula is C22H21F3N4O2. The first-order valence-electron chi connectivity index (χ1n) is 9.80. The molecule has 162 valence electrons. The molecule has 1 N–H and O–H groups in total. The van der Waals surface area contributed by atoms with Crippen molar-refractivity contribution in [2.45, 2.75) is 6.18 Å². The van der Waals surface area contributed by atoms with E-state index in [1.54, 1.807) is 42.3 Å². The predicted octanol–water partition coefficient (Wildman–Crippen LogP) is 4.40. The number of rotatable bonds is 3. The van der Waals surface area contributed by atoms with Gasteiger partial charge in [-0.05, 0) is 42.5 Å². The molecule has 6 nitrogen and oxygen atoms in total. The van der Waals surface area contributed by atoms with E-state index in [9.17, 15) is 23.2 Å². The lowest BCUT2D eigenvalue weighted by Gasteiger charge is -2.45. The lowest BCUT2D eigenvalue weighted by molar-refractivity contribution is -0.864. The predicted molar refractivity (Wildman–Crippen MR) is 112 cm³/mol. The first kappa shape index (κ1) is 21.1. The highest BCUT2D eigenvalue weighted by Crippen LogP contribution is 2.33. The van der Waals surface area contributed by atoms with Gasteiger partial charge in [0.1, 0.15) is 0 Å². The number of piperazine rings is 1. The normalized spacial score (nSPS) is 16.4. The first-order chi connectivity index (χ1) is 14.6. The summed E-state index contributed by atoms with van der Waals surface area (Å²) in [4.78, 5) is 18.4. The molecule has 1 amide bonds. The van der Waals surface area contributed by atoms with Crippen LogP contribution in [0.25, 0.3) is 10.9 Å². The number of carbonyl (C=O) groups excluding carboxylic acids is 1. The van der Waals surface area contributed by atoms with Crippen LogP contribution in [-0.2, 0) is 6.18 Å². The second kappa shape index (κ2) is 7.82. The number of benzene rings is 2. The van der Waals surface area contributed by atoms with Gasteiger partial charge in [0.15, 0.2) is 0 Å². The lowest BCUT2D eigenvalue weighted by atomic mass is 10.1. The zero-order valence-corrected chi connectivity index (χ0v) is 16.8. The number of nitrogens with zero attached hydrogens (tertiary/aromatic N) is 3. The molecule has 2 heterocycles. The van der Waals surface area contributed by atoms with Crippen molar-refractivity contribution in [3.63, 3.8) is 0 Å². The van der Waals surface area contributed by atoms with E-state index >= 15 is 0 Å². The van der Waals surface area contributed by atoms with Gasteiger partial charge in [-0.2, -0.15) is 13.2 Å². The Balaban J connectivity index is 1.50. The van der Waals surface area contributed by atoms with Crippen molar-refractivity contribution in [1.82, 2.24) is 9.88 Å². The van der Waals surface area contributed by atoms with Crippen molar-refractivity contribution in [2.75, 3.05) is 38.5 Å². The molecule has 9 heteroatoms. The van der Waals surface area contributed by atoms with Crippen molar-refractivity contribution in [1.29, 1.82) is 0 Å². The Labute approximate surface area is 177 Å². The Morgan fingerprint density at radius 1 is 1.10 bits per heavy atom. The van der Waals surface area contributed by atoms with Gasteiger partial charge in [-0.1, -0.05) is 6.07 Å². The summed E-state index contributed by atoms with van der Waals surface area (Å²) in [6.45, 7) is 1.58. The lowest BCUT2D eigenvalue weighted by Crippen LogP contribution is -2.55. The summed E-state index contributed by atoms with van der Waals surface area (Å²) in [7, 11) is 1.61. The highest BCUT2D eigenvalue weighted by Gasteiger charge is 2.30. The van der Waals surface area contributed by atoms with Gasteiger partial charge in [0.05, 0.1) is 44.3 Å². The van der Waals surface area contributed by atoms with Crippen LogP contribution in [0.15, 0.2) is 54.7 Å². The molecule has 1 aliphatic heterocycles. The number of pyridine rings is 1. The van der Waals surface area contributed by atoms with Crippen LogP contribution in [0.4, 0.5) is 24.5 Å². The molecule has 0 atom stereocenters. The van der Waals surface area contributed by atoms with E-state index in [1.807, 2.05) is 0 Å². The Kier molecular flexibility index (Phi) is 5.32. The Hall–Kier alpha value is -3.17. The summed E-state index contributed by atoms with van der Waals surface area (Å²) in [5.41, 5.74) is 1.30. The van der Waals surface area contributed by atoms with Crippen LogP contribution in [-0.4, -0.2) is 53.7 Å². The van der Waals surface area contributed by atoms with E-state index in [0.717, 1.165) is 12.1 Å². The number of hydrogen-bond donors (Lipinski definition) is 1. The van der Waals surface area contributed by atoms with Gasteiger partial charge < -0.3 is 20.1 Å². The molecule has 0 bridgehead atoms. The Morgan fingerprint density at radius 3 is 2.42 bits per heavy atom. The van der Waals surface area contributed by atoms with Crippen LogP contribution in [0.5, 0.6) is 0 Å². The van der Waals surface area contributed by atoms with Gasteiger partial charge in [0.25, 0.3) is 5.91 Å². The minimum Gasteiger partial charge on any atom is -0.633 e. The number of carbonyl (C=O) groups is 1. The highest BCUT2D eigenvalue weighted by molar-refractivity contribution is 5.96. The first-order valence-corrected chi connectivity index (χ1v) is 9.80. The molecule has 0 saturated carbocycles. The monoisotopic (exact) mass is 430 g/mol. The van der Waals surface area contributed by atoms with Crippen LogP contribution < -0.4 is 5.32 Å². The van der Waals surface area contributed by atoms with Crippen molar-refractivity contribution in [3.8, 4) is 0 Å². The summed E-state index contributed by atoms with van der Waals surface area (Å²) in [5, 5.41) is 15.7. The summed E-state index contributed by atoms with van der Waals surface area (Å²) < 4.78 is 38.5. The van der Waals surface area contributed by atoms with Crippen LogP contribution >= 0.6 is 0 Å². The van der Waals surface area contributed by atoms with Crippen molar-refractivity contribution < 1.29 is 22.6 Å². The van der Waals surface area contributed by atoms with Gasteiger partial charge in [-0.25, -0.2) is 0 Å². The molecule has 0 unspecified atom stereocenters. The van der Waals surface area contributed by atoms with Crippen LogP contribution in [0, 0.1) is 5.21 Å². The zero-order chi connectivity index (χ0) is 22.2. The number of quaternary nitrogens is 1. The SMILES string of the molecule is C[N+]1([O-])CCN(C(=O)c2ccc(Nc3ccnc4cc(C(F)(F)F)ccc34)cc2)CC1. The van der Waals surface area contributed by atoms with Crippen LogP contribution in [0.3, 0.4) is 0 Å². The third-order valence-corrected chi connectivity index (χ3v) is 5.45. The number of anilines is 2. The number of fused-ring (bicyclic) bond motifs is 1. The quantitative estimate of drug-likeness (QED) is 0.494. The Bertz CT molecular complexity index is 1100. The second-order valence-corrected chi connectivity index (χ2v) is 7.83. The highest BCUT2D eigenvalue weighted by atomic mass is 19.4. The number of nitrogens with one attached hydrogen (secondary N) is 1. The van der Waals surface area contributed by atoms with Gasteiger partial charge in [0, 0.05) is 28.5 Å². The molecule has 0 aliphatic carbocycles. The molecule has 0 radical (unpaired) electrons. The number of hydroxylamine groups is 3. The van der Waals surface area contributed by atoms with E-state index in [4.69, 9.17) is 0 Å². The topological polar surface area (TPSA) is 68.3 Å². The van der Waals surface area contributed by atoms with Gasteiger partial charge >= 0.3 is 6.18 Å². The smallest absolute Gasteiger partial charge is 0.416 e. The van der Waals surface area contributed by atoms with Crippen molar-refractivity contribution >= 4 is 28.2 Å². The zero-order valence-electron chi connectivity index (χ0n) is 16.8. The van der Waals surface area contributed by atoms with Crippen LogP contribution in [0.1, 0.15) is 15.9 Å². The molecule has 1 aromatic heterocycles. The summed E-state index contributed by atoms with van der Waals surface area (Å²) in [6.07, 6.45) is -2.98. The van der Waals surface area contributed by atoms with Crippen molar-refractivity contribution in [2.24, 2.45) is 0 Å². The maximum Gasteiger partial charge on any atom is 0.416 e. The van der Waals surface area contributed by atoms with Gasteiger partial charge in [-0.15, -0.1) is 0 Å². The average Bonchev–Trinajstić information content (AvgIpc) is 2.73. The number of aromatic nitrogens is 1. The number of hydrogen-bond acceptors (Lipinski definition) is 4. The van der Waals surface area contributed by atoms with Gasteiger partial charge in [-0.3, -0.25) is 9.78 Å². The molecule has 1 saturated heterocycles. The van der Waals surface area contributed by atoms with Crippen LogP contribution in [0.2, 0.25) is 0 Å². The minimum absolute atomic E-state index is 0.125. The fourth-order valence-electron chi connectivity index (χ4n) is 3.56. The second-order valence-electron chi connectivity index (χ2n) is 7.83. The largest absolute Gasteiger partial charge is 0.633 e. The summed E-state index contributed by atoms with van der Waals surface area (Å²) in [6, 6.07) is 12.0. The fourth-order valence-corrected chi connectivity index (χ4v) is 3.56. The number of likely N-dealkylation sites (N-methyl/N-ethyl adjacent to an activating group) is 1. The fraction of sp³-hybridized carbons (Fsp3) is 0.273. The molecule has 0 spiro atoms. The van der Waals surface area contributed by atoms with E-state index in [0.29, 0.717) is 48.5 Å². The Morgan fingerprint density at radius 2 is 1.77 bits per heavy atom. The molecule has 1 fully saturated rings. The number of amides is 1. The third kappa shape index (κ3) is 4.62. The maximum atomic E-state index is 12.9. The number of alkyl halides is 3.